The topological polar surface area (TPSA) is 59.9 Å². The van der Waals surface area contributed by atoms with E-state index >= 15 is 0 Å². The second-order valence-electron chi connectivity index (χ2n) is 3.45. The average Bonchev–Trinajstić information content (AvgIpc) is 2.34. The van der Waals surface area contributed by atoms with Gasteiger partial charge in [0.25, 0.3) is 0 Å². The van der Waals surface area contributed by atoms with Gasteiger partial charge in [0.1, 0.15) is 0 Å². The summed E-state index contributed by atoms with van der Waals surface area (Å²) in [7, 11) is 1.63. The van der Waals surface area contributed by atoms with Gasteiger partial charge in [-0.3, -0.25) is 0 Å². The molecule has 5 nitrogen and oxygen atoms in total. The third kappa shape index (κ3) is 2.65. The third-order valence-corrected chi connectivity index (χ3v) is 2.34. The first-order valence-electron chi connectivity index (χ1n) is 5.12. The lowest BCUT2D eigenvalue weighted by Crippen LogP contribution is -2.02. The maximum absolute atomic E-state index is 13.7. The SMILES string of the molecule is CNc1nc(Cl)nc(Oc2cccc(C)c2F)n1. The molecule has 1 N–H and O–H groups in total. The molecule has 0 aliphatic carbocycles. The maximum atomic E-state index is 13.7. The molecule has 0 atom stereocenters. The summed E-state index contributed by atoms with van der Waals surface area (Å²) in [6.07, 6.45) is 0. The minimum Gasteiger partial charge on any atom is -0.421 e. The van der Waals surface area contributed by atoms with E-state index in [1.807, 2.05) is 0 Å². The van der Waals surface area contributed by atoms with Crippen LogP contribution in [-0.4, -0.2) is 22.0 Å². The normalized spacial score (nSPS) is 10.2. The van der Waals surface area contributed by atoms with Gasteiger partial charge in [-0.05, 0) is 30.2 Å². The van der Waals surface area contributed by atoms with Gasteiger partial charge in [-0.1, -0.05) is 12.1 Å². The number of hydrogen-bond donors (Lipinski definition) is 1. The summed E-state index contributed by atoms with van der Waals surface area (Å²) in [5.74, 6) is -0.169. The molecule has 7 heteroatoms. The van der Waals surface area contributed by atoms with Gasteiger partial charge in [0.2, 0.25) is 11.2 Å². The van der Waals surface area contributed by atoms with Crippen LogP contribution < -0.4 is 10.1 Å². The fraction of sp³-hybridized carbons (Fsp3) is 0.182. The lowest BCUT2D eigenvalue weighted by Gasteiger charge is -2.07. The highest BCUT2D eigenvalue weighted by Gasteiger charge is 2.10. The first kappa shape index (κ1) is 12.5. The van der Waals surface area contributed by atoms with Crippen LogP contribution >= 0.6 is 11.6 Å². The molecule has 1 aromatic heterocycles. The number of hydrogen-bond acceptors (Lipinski definition) is 5. The molecule has 0 saturated heterocycles. The molecule has 94 valence electrons. The molecule has 0 aliphatic rings. The lowest BCUT2D eigenvalue weighted by atomic mass is 10.2. The zero-order valence-electron chi connectivity index (χ0n) is 9.74. The van der Waals surface area contributed by atoms with Crippen molar-refractivity contribution in [2.75, 3.05) is 12.4 Å². The molecule has 0 unspecified atom stereocenters. The summed E-state index contributed by atoms with van der Waals surface area (Å²) >= 11 is 5.69. The fourth-order valence-electron chi connectivity index (χ4n) is 1.29. The van der Waals surface area contributed by atoms with E-state index in [2.05, 4.69) is 20.3 Å². The Balaban J connectivity index is 2.34. The number of nitrogens with one attached hydrogen (secondary N) is 1. The Morgan fingerprint density at radius 2 is 2.06 bits per heavy atom. The molecule has 2 rings (SSSR count). The molecule has 0 spiro atoms. The molecule has 1 aromatic carbocycles. The van der Waals surface area contributed by atoms with Gasteiger partial charge in [0, 0.05) is 7.05 Å². The molecule has 0 fully saturated rings. The lowest BCUT2D eigenvalue weighted by molar-refractivity contribution is 0.408. The number of rotatable bonds is 3. The van der Waals surface area contributed by atoms with Crippen LogP contribution in [0.15, 0.2) is 18.2 Å². The minimum atomic E-state index is -0.458. The van der Waals surface area contributed by atoms with Gasteiger partial charge >= 0.3 is 6.01 Å². The Hall–Kier alpha value is -1.95. The first-order valence-corrected chi connectivity index (χ1v) is 5.50. The van der Waals surface area contributed by atoms with Crippen LogP contribution in [0.4, 0.5) is 10.3 Å². The number of aryl methyl sites for hydroxylation is 1. The summed E-state index contributed by atoms with van der Waals surface area (Å²) in [5, 5.41) is 2.67. The van der Waals surface area contributed by atoms with Crippen molar-refractivity contribution in [1.82, 2.24) is 15.0 Å². The van der Waals surface area contributed by atoms with Crippen LogP contribution in [0, 0.1) is 12.7 Å². The first-order chi connectivity index (χ1) is 8.60. The smallest absolute Gasteiger partial charge is 0.328 e. The molecule has 18 heavy (non-hydrogen) atoms. The predicted molar refractivity (Wildman–Crippen MR) is 65.6 cm³/mol. The summed E-state index contributed by atoms with van der Waals surface area (Å²) in [5.41, 5.74) is 0.474. The van der Waals surface area contributed by atoms with Crippen molar-refractivity contribution >= 4 is 17.5 Å². The zero-order chi connectivity index (χ0) is 13.1. The number of benzene rings is 1. The second kappa shape index (κ2) is 5.14. The number of halogens is 2. The second-order valence-corrected chi connectivity index (χ2v) is 3.79. The molecule has 0 amide bonds. The van der Waals surface area contributed by atoms with E-state index in [1.165, 1.54) is 6.07 Å². The van der Waals surface area contributed by atoms with Crippen LogP contribution in [0.3, 0.4) is 0 Å². The minimum absolute atomic E-state index is 0.0302. The predicted octanol–water partition coefficient (Wildman–Crippen LogP) is 2.81. The summed E-state index contributed by atoms with van der Waals surface area (Å²) in [4.78, 5) is 11.5. The summed E-state index contributed by atoms with van der Waals surface area (Å²) in [6.45, 7) is 1.64. The van der Waals surface area contributed by atoms with Crippen molar-refractivity contribution in [2.24, 2.45) is 0 Å². The van der Waals surface area contributed by atoms with Gasteiger partial charge < -0.3 is 10.1 Å². The number of nitrogens with zero attached hydrogens (tertiary/aromatic N) is 3. The van der Waals surface area contributed by atoms with Crippen LogP contribution in [0.25, 0.3) is 0 Å². The highest BCUT2D eigenvalue weighted by Crippen LogP contribution is 2.24. The van der Waals surface area contributed by atoms with Crippen molar-refractivity contribution in [3.05, 3.63) is 34.9 Å². The molecule has 0 aliphatic heterocycles. The summed E-state index contributed by atoms with van der Waals surface area (Å²) < 4.78 is 19.0. The highest BCUT2D eigenvalue weighted by atomic mass is 35.5. The van der Waals surface area contributed by atoms with E-state index in [-0.39, 0.29) is 23.0 Å². The third-order valence-electron chi connectivity index (χ3n) is 2.17. The Morgan fingerprint density at radius 1 is 1.28 bits per heavy atom. The van der Waals surface area contributed by atoms with Crippen LogP contribution in [0.1, 0.15) is 5.56 Å². The van der Waals surface area contributed by atoms with Crippen molar-refractivity contribution in [2.45, 2.75) is 6.92 Å². The Morgan fingerprint density at radius 3 is 2.78 bits per heavy atom. The van der Waals surface area contributed by atoms with Gasteiger partial charge in [-0.15, -0.1) is 0 Å². The largest absolute Gasteiger partial charge is 0.421 e. The molecular formula is C11H10ClFN4O. The Kier molecular flexibility index (Phi) is 3.57. The van der Waals surface area contributed by atoms with Gasteiger partial charge in [-0.25, -0.2) is 4.39 Å². The molecule has 0 radical (unpaired) electrons. The van der Waals surface area contributed by atoms with Crippen molar-refractivity contribution in [3.63, 3.8) is 0 Å². The quantitative estimate of drug-likeness (QED) is 0.927. The molecule has 0 bridgehead atoms. The summed E-state index contributed by atoms with van der Waals surface area (Å²) in [6, 6.07) is 4.74. The van der Waals surface area contributed by atoms with E-state index in [0.29, 0.717) is 5.56 Å². The molecular weight excluding hydrogens is 259 g/mol. The van der Waals surface area contributed by atoms with Crippen LogP contribution in [0.5, 0.6) is 11.8 Å². The number of anilines is 1. The van der Waals surface area contributed by atoms with E-state index in [1.54, 1.807) is 26.1 Å². The maximum Gasteiger partial charge on any atom is 0.328 e. The monoisotopic (exact) mass is 268 g/mol. The van der Waals surface area contributed by atoms with Gasteiger partial charge in [-0.2, -0.15) is 15.0 Å². The number of aromatic nitrogens is 3. The van der Waals surface area contributed by atoms with E-state index in [9.17, 15) is 4.39 Å². The highest BCUT2D eigenvalue weighted by molar-refractivity contribution is 6.28. The van der Waals surface area contributed by atoms with Gasteiger partial charge in [0.05, 0.1) is 0 Å². The van der Waals surface area contributed by atoms with E-state index in [4.69, 9.17) is 16.3 Å². The van der Waals surface area contributed by atoms with Gasteiger partial charge in [0.15, 0.2) is 11.6 Å². The van der Waals surface area contributed by atoms with Crippen molar-refractivity contribution < 1.29 is 9.13 Å². The van der Waals surface area contributed by atoms with E-state index in [0.717, 1.165) is 0 Å². The molecule has 1 heterocycles. The number of ether oxygens (including phenoxy) is 1. The van der Waals surface area contributed by atoms with Crippen molar-refractivity contribution in [1.29, 1.82) is 0 Å². The molecule has 0 saturated carbocycles. The molecule has 2 aromatic rings. The fourth-order valence-corrected chi connectivity index (χ4v) is 1.44. The van der Waals surface area contributed by atoms with Crippen LogP contribution in [-0.2, 0) is 0 Å². The standard InChI is InChI=1S/C11H10ClFN4O/c1-6-4-3-5-7(8(6)13)18-11-16-9(12)15-10(14-2)17-11/h3-5H,1-2H3,(H,14,15,16,17). The van der Waals surface area contributed by atoms with E-state index < -0.39 is 5.82 Å². The zero-order valence-corrected chi connectivity index (χ0v) is 10.5. The average molecular weight is 269 g/mol. The Bertz CT molecular complexity index is 579. The van der Waals surface area contributed by atoms with Crippen LogP contribution in [0.2, 0.25) is 5.28 Å². The Labute approximate surface area is 108 Å². The van der Waals surface area contributed by atoms with Crippen molar-refractivity contribution in [3.8, 4) is 11.8 Å².